The standard InChI is InChI=1S/C17H28N2O3/c1-14(18)17(20)22-13-15-7-9-16(10-8-15)21-12-6-4-5-11-19(2)3/h7-10,14H,4-6,11-13,18H2,1-3H3. The summed E-state index contributed by atoms with van der Waals surface area (Å²) in [4.78, 5) is 13.5. The number of carbonyl (C=O) groups is 1. The molecule has 0 fully saturated rings. The molecule has 0 saturated heterocycles. The van der Waals surface area contributed by atoms with E-state index in [1.807, 2.05) is 24.3 Å². The molecule has 124 valence electrons. The molecule has 22 heavy (non-hydrogen) atoms. The minimum Gasteiger partial charge on any atom is -0.494 e. The van der Waals surface area contributed by atoms with Gasteiger partial charge >= 0.3 is 5.97 Å². The van der Waals surface area contributed by atoms with Gasteiger partial charge in [-0.3, -0.25) is 4.79 Å². The molecule has 0 aliphatic heterocycles. The maximum Gasteiger partial charge on any atom is 0.322 e. The third-order valence-electron chi connectivity index (χ3n) is 3.19. The molecule has 1 rings (SSSR count). The molecular formula is C17H28N2O3. The van der Waals surface area contributed by atoms with Crippen LogP contribution in [0.25, 0.3) is 0 Å². The van der Waals surface area contributed by atoms with E-state index in [9.17, 15) is 4.79 Å². The summed E-state index contributed by atoms with van der Waals surface area (Å²) in [5, 5.41) is 0. The number of rotatable bonds is 10. The van der Waals surface area contributed by atoms with Crippen LogP contribution in [0.1, 0.15) is 31.7 Å². The van der Waals surface area contributed by atoms with Gasteiger partial charge in [0, 0.05) is 0 Å². The van der Waals surface area contributed by atoms with Crippen molar-refractivity contribution in [2.75, 3.05) is 27.2 Å². The van der Waals surface area contributed by atoms with Gasteiger partial charge in [-0.15, -0.1) is 0 Å². The van der Waals surface area contributed by atoms with Crippen molar-refractivity contribution in [3.63, 3.8) is 0 Å². The molecule has 0 bridgehead atoms. The Labute approximate surface area is 133 Å². The SMILES string of the molecule is CC(N)C(=O)OCc1ccc(OCCCCCN(C)C)cc1. The third-order valence-corrected chi connectivity index (χ3v) is 3.19. The van der Waals surface area contributed by atoms with Gasteiger partial charge in [0.2, 0.25) is 0 Å². The van der Waals surface area contributed by atoms with Crippen molar-refractivity contribution in [2.24, 2.45) is 5.73 Å². The summed E-state index contributed by atoms with van der Waals surface area (Å²) in [6, 6.07) is 7.00. The van der Waals surface area contributed by atoms with E-state index in [0.29, 0.717) is 0 Å². The molecule has 0 amide bonds. The molecule has 5 nitrogen and oxygen atoms in total. The van der Waals surface area contributed by atoms with Crippen LogP contribution in [0.4, 0.5) is 0 Å². The minimum atomic E-state index is -0.588. The molecule has 0 aromatic heterocycles. The number of benzene rings is 1. The van der Waals surface area contributed by atoms with E-state index in [-0.39, 0.29) is 6.61 Å². The number of carbonyl (C=O) groups excluding carboxylic acids is 1. The van der Waals surface area contributed by atoms with Gasteiger partial charge in [-0.25, -0.2) is 0 Å². The molecule has 5 heteroatoms. The van der Waals surface area contributed by atoms with Crippen LogP contribution in [0.2, 0.25) is 0 Å². The van der Waals surface area contributed by atoms with Gasteiger partial charge < -0.3 is 20.1 Å². The average Bonchev–Trinajstić information content (AvgIpc) is 2.49. The van der Waals surface area contributed by atoms with E-state index in [1.54, 1.807) is 6.92 Å². The van der Waals surface area contributed by atoms with Crippen LogP contribution in [-0.2, 0) is 16.1 Å². The second-order valence-corrected chi connectivity index (χ2v) is 5.75. The lowest BCUT2D eigenvalue weighted by molar-refractivity contribution is -0.146. The van der Waals surface area contributed by atoms with Gasteiger partial charge in [0.05, 0.1) is 6.61 Å². The molecule has 0 heterocycles. The number of ether oxygens (including phenoxy) is 2. The molecule has 0 aliphatic rings. The fourth-order valence-electron chi connectivity index (χ4n) is 1.86. The number of unbranched alkanes of at least 4 members (excludes halogenated alkanes) is 2. The largest absolute Gasteiger partial charge is 0.494 e. The Bertz CT molecular complexity index is 430. The molecule has 1 aromatic carbocycles. The zero-order chi connectivity index (χ0) is 16.4. The minimum absolute atomic E-state index is 0.241. The first-order valence-electron chi connectivity index (χ1n) is 7.77. The summed E-state index contributed by atoms with van der Waals surface area (Å²) in [7, 11) is 4.17. The summed E-state index contributed by atoms with van der Waals surface area (Å²) >= 11 is 0. The number of esters is 1. The maximum absolute atomic E-state index is 11.3. The third kappa shape index (κ3) is 8.00. The van der Waals surface area contributed by atoms with Crippen molar-refractivity contribution in [3.8, 4) is 5.75 Å². The molecule has 2 N–H and O–H groups in total. The van der Waals surface area contributed by atoms with Gasteiger partial charge in [-0.2, -0.15) is 0 Å². The highest BCUT2D eigenvalue weighted by Gasteiger charge is 2.08. The first-order valence-corrected chi connectivity index (χ1v) is 7.77. The fourth-order valence-corrected chi connectivity index (χ4v) is 1.86. The Morgan fingerprint density at radius 1 is 1.18 bits per heavy atom. The summed E-state index contributed by atoms with van der Waals surface area (Å²) in [6.07, 6.45) is 3.42. The van der Waals surface area contributed by atoms with Crippen LogP contribution in [0.15, 0.2) is 24.3 Å². The van der Waals surface area contributed by atoms with Crippen LogP contribution in [0, 0.1) is 0 Å². The van der Waals surface area contributed by atoms with Crippen molar-refractivity contribution in [1.82, 2.24) is 4.90 Å². The lowest BCUT2D eigenvalue weighted by atomic mass is 10.2. The second kappa shape index (κ2) is 10.2. The highest BCUT2D eigenvalue weighted by atomic mass is 16.5. The Morgan fingerprint density at radius 3 is 2.45 bits per heavy atom. The molecule has 0 saturated carbocycles. The predicted octanol–water partition coefficient (Wildman–Crippen LogP) is 2.19. The Balaban J connectivity index is 2.20. The van der Waals surface area contributed by atoms with Gasteiger partial charge in [0.1, 0.15) is 18.4 Å². The molecule has 1 atom stereocenters. The first kappa shape index (κ1) is 18.5. The number of nitrogens with zero attached hydrogens (tertiary/aromatic N) is 1. The average molecular weight is 308 g/mol. The summed E-state index contributed by atoms with van der Waals surface area (Å²) in [5.74, 6) is 0.452. The van der Waals surface area contributed by atoms with Gasteiger partial charge in [-0.05, 0) is 64.5 Å². The van der Waals surface area contributed by atoms with Gasteiger partial charge in [0.25, 0.3) is 0 Å². The molecule has 0 radical (unpaired) electrons. The normalized spacial score (nSPS) is 12.2. The van der Waals surface area contributed by atoms with Gasteiger partial charge in [0.15, 0.2) is 0 Å². The molecule has 0 aliphatic carbocycles. The Morgan fingerprint density at radius 2 is 1.86 bits per heavy atom. The van der Waals surface area contributed by atoms with Crippen molar-refractivity contribution in [3.05, 3.63) is 29.8 Å². The van der Waals surface area contributed by atoms with E-state index in [0.717, 1.165) is 30.9 Å². The van der Waals surface area contributed by atoms with Crippen LogP contribution < -0.4 is 10.5 Å². The van der Waals surface area contributed by atoms with Crippen LogP contribution >= 0.6 is 0 Å². The summed E-state index contributed by atoms with van der Waals surface area (Å²) in [5.41, 5.74) is 6.36. The van der Waals surface area contributed by atoms with Gasteiger partial charge in [-0.1, -0.05) is 12.1 Å². The zero-order valence-corrected chi connectivity index (χ0v) is 13.9. The number of hydrogen-bond acceptors (Lipinski definition) is 5. The molecular weight excluding hydrogens is 280 g/mol. The van der Waals surface area contributed by atoms with E-state index in [1.165, 1.54) is 12.8 Å². The van der Waals surface area contributed by atoms with Crippen molar-refractivity contribution >= 4 is 5.97 Å². The lowest BCUT2D eigenvalue weighted by Crippen LogP contribution is -2.28. The van der Waals surface area contributed by atoms with E-state index in [4.69, 9.17) is 15.2 Å². The highest BCUT2D eigenvalue weighted by molar-refractivity contribution is 5.74. The van der Waals surface area contributed by atoms with Crippen LogP contribution in [0.5, 0.6) is 5.75 Å². The number of hydrogen-bond donors (Lipinski definition) is 1. The first-order chi connectivity index (χ1) is 10.5. The molecule has 1 aromatic rings. The molecule has 0 spiro atoms. The van der Waals surface area contributed by atoms with Crippen molar-refractivity contribution in [2.45, 2.75) is 38.8 Å². The lowest BCUT2D eigenvalue weighted by Gasteiger charge is -2.10. The van der Waals surface area contributed by atoms with E-state index >= 15 is 0 Å². The summed E-state index contributed by atoms with van der Waals surface area (Å²) < 4.78 is 10.8. The van der Waals surface area contributed by atoms with E-state index in [2.05, 4.69) is 19.0 Å². The monoisotopic (exact) mass is 308 g/mol. The van der Waals surface area contributed by atoms with E-state index < -0.39 is 12.0 Å². The predicted molar refractivity (Wildman–Crippen MR) is 87.8 cm³/mol. The Hall–Kier alpha value is -1.59. The van der Waals surface area contributed by atoms with Crippen molar-refractivity contribution < 1.29 is 14.3 Å². The van der Waals surface area contributed by atoms with Crippen LogP contribution in [0.3, 0.4) is 0 Å². The maximum atomic E-state index is 11.3. The van der Waals surface area contributed by atoms with Crippen LogP contribution in [-0.4, -0.2) is 44.2 Å². The molecule has 1 unspecified atom stereocenters. The fraction of sp³-hybridized carbons (Fsp3) is 0.588. The van der Waals surface area contributed by atoms with Crippen molar-refractivity contribution in [1.29, 1.82) is 0 Å². The summed E-state index contributed by atoms with van der Waals surface area (Å²) in [6.45, 7) is 3.70. The zero-order valence-electron chi connectivity index (χ0n) is 13.9. The quantitative estimate of drug-likeness (QED) is 0.530. The Kier molecular flexibility index (Phi) is 8.55. The topological polar surface area (TPSA) is 64.8 Å². The second-order valence-electron chi connectivity index (χ2n) is 5.75. The highest BCUT2D eigenvalue weighted by Crippen LogP contribution is 2.13. The number of nitrogens with two attached hydrogens (primary N) is 1. The smallest absolute Gasteiger partial charge is 0.322 e.